The van der Waals surface area contributed by atoms with Crippen LogP contribution in [0.25, 0.3) is 64.0 Å². The molecule has 0 N–H and O–H groups in total. The first-order valence-electron chi connectivity index (χ1n) is 11.3. The highest BCUT2D eigenvalue weighted by Gasteiger charge is 2.11. The molecular formula is C32H20S. The van der Waals surface area contributed by atoms with E-state index in [-0.39, 0.29) is 0 Å². The first-order chi connectivity index (χ1) is 16.3. The minimum atomic E-state index is 1.25. The Hall–Kier alpha value is -3.94. The van der Waals surface area contributed by atoms with Gasteiger partial charge in [-0.3, -0.25) is 0 Å². The van der Waals surface area contributed by atoms with Crippen LogP contribution in [0.5, 0.6) is 0 Å². The Labute approximate surface area is 196 Å². The zero-order valence-corrected chi connectivity index (χ0v) is 18.8. The fraction of sp³-hybridized carbons (Fsp3) is 0. The van der Waals surface area contributed by atoms with Crippen LogP contribution in [0, 0.1) is 0 Å². The molecule has 0 atom stereocenters. The van der Waals surface area contributed by atoms with Gasteiger partial charge in [0, 0.05) is 20.2 Å². The molecule has 154 valence electrons. The molecule has 0 bridgehead atoms. The van der Waals surface area contributed by atoms with Gasteiger partial charge in [-0.15, -0.1) is 11.3 Å². The van der Waals surface area contributed by atoms with Crippen LogP contribution < -0.4 is 0 Å². The van der Waals surface area contributed by atoms with Gasteiger partial charge in [-0.25, -0.2) is 0 Å². The molecule has 0 radical (unpaired) electrons. The minimum Gasteiger partial charge on any atom is -0.135 e. The van der Waals surface area contributed by atoms with E-state index in [4.69, 9.17) is 0 Å². The van der Waals surface area contributed by atoms with Crippen LogP contribution in [0.3, 0.4) is 0 Å². The number of hydrogen-bond donors (Lipinski definition) is 0. The molecule has 0 saturated heterocycles. The summed E-state index contributed by atoms with van der Waals surface area (Å²) in [6.45, 7) is 0. The maximum atomic E-state index is 2.34. The van der Waals surface area contributed by atoms with Crippen LogP contribution >= 0.6 is 11.3 Å². The van der Waals surface area contributed by atoms with Gasteiger partial charge in [-0.05, 0) is 68.1 Å². The van der Waals surface area contributed by atoms with Crippen LogP contribution in [-0.2, 0) is 0 Å². The van der Waals surface area contributed by atoms with Gasteiger partial charge in [0.25, 0.3) is 0 Å². The molecule has 0 spiro atoms. The Kier molecular flexibility index (Phi) is 4.12. The predicted octanol–water partition coefficient (Wildman–Crippen LogP) is 9.69. The highest BCUT2D eigenvalue weighted by Crippen LogP contribution is 2.39. The summed E-state index contributed by atoms with van der Waals surface area (Å²) in [6, 6.07) is 44.3. The lowest BCUT2D eigenvalue weighted by molar-refractivity contribution is 1.64. The second-order valence-corrected chi connectivity index (χ2v) is 9.66. The SMILES string of the molecule is c1ccc2c(-c3ccc(-c4ccc5sc6ccccc6c5c4)cc3)c3ccccc3cc2c1. The van der Waals surface area contributed by atoms with Gasteiger partial charge in [0.1, 0.15) is 0 Å². The quantitative estimate of drug-likeness (QED) is 0.237. The van der Waals surface area contributed by atoms with Gasteiger partial charge >= 0.3 is 0 Å². The summed E-state index contributed by atoms with van der Waals surface area (Å²) < 4.78 is 2.70. The van der Waals surface area contributed by atoms with Crippen molar-refractivity contribution in [2.24, 2.45) is 0 Å². The van der Waals surface area contributed by atoms with Crippen molar-refractivity contribution in [1.82, 2.24) is 0 Å². The van der Waals surface area contributed by atoms with E-state index in [2.05, 4.69) is 121 Å². The second-order valence-electron chi connectivity index (χ2n) is 8.58. The molecule has 33 heavy (non-hydrogen) atoms. The fourth-order valence-corrected chi connectivity index (χ4v) is 6.15. The summed E-state index contributed by atoms with van der Waals surface area (Å²) in [5.41, 5.74) is 5.09. The van der Waals surface area contributed by atoms with E-state index in [9.17, 15) is 0 Å². The number of thiophene rings is 1. The molecule has 0 aliphatic heterocycles. The van der Waals surface area contributed by atoms with Gasteiger partial charge in [-0.1, -0.05) is 97.1 Å². The fourth-order valence-electron chi connectivity index (χ4n) is 5.06. The van der Waals surface area contributed by atoms with Crippen LogP contribution in [0.2, 0.25) is 0 Å². The summed E-state index contributed by atoms with van der Waals surface area (Å²) in [6.07, 6.45) is 0. The molecule has 6 aromatic carbocycles. The van der Waals surface area contributed by atoms with E-state index in [1.807, 2.05) is 11.3 Å². The smallest absolute Gasteiger partial charge is 0.0355 e. The third kappa shape index (κ3) is 2.97. The molecule has 0 nitrogen and oxygen atoms in total. The van der Waals surface area contributed by atoms with Gasteiger partial charge in [-0.2, -0.15) is 0 Å². The maximum absolute atomic E-state index is 2.34. The molecule has 0 unspecified atom stereocenters. The molecule has 0 aliphatic carbocycles. The Morgan fingerprint density at radius 1 is 0.364 bits per heavy atom. The zero-order valence-electron chi connectivity index (χ0n) is 18.0. The molecule has 0 amide bonds. The van der Waals surface area contributed by atoms with E-state index in [0.29, 0.717) is 0 Å². The van der Waals surface area contributed by atoms with Gasteiger partial charge in [0.15, 0.2) is 0 Å². The Morgan fingerprint density at radius 2 is 0.909 bits per heavy atom. The van der Waals surface area contributed by atoms with Crippen LogP contribution in [0.15, 0.2) is 121 Å². The maximum Gasteiger partial charge on any atom is 0.0355 e. The van der Waals surface area contributed by atoms with Crippen LogP contribution in [0.1, 0.15) is 0 Å². The monoisotopic (exact) mass is 436 g/mol. The molecule has 7 aromatic rings. The van der Waals surface area contributed by atoms with Crippen molar-refractivity contribution in [2.45, 2.75) is 0 Å². The first kappa shape index (κ1) is 18.6. The normalized spacial score (nSPS) is 11.6. The molecule has 0 saturated carbocycles. The van der Waals surface area contributed by atoms with E-state index < -0.39 is 0 Å². The summed E-state index contributed by atoms with van der Waals surface area (Å²) in [5.74, 6) is 0. The molecule has 7 rings (SSSR count). The number of rotatable bonds is 2. The predicted molar refractivity (Wildman–Crippen MR) is 145 cm³/mol. The van der Waals surface area contributed by atoms with Gasteiger partial charge < -0.3 is 0 Å². The highest BCUT2D eigenvalue weighted by atomic mass is 32.1. The summed E-state index contributed by atoms with van der Waals surface area (Å²) >= 11 is 1.87. The summed E-state index contributed by atoms with van der Waals surface area (Å²) in [5, 5.41) is 7.86. The first-order valence-corrected chi connectivity index (χ1v) is 12.1. The molecule has 1 heteroatoms. The third-order valence-corrected chi connectivity index (χ3v) is 7.81. The summed E-state index contributed by atoms with van der Waals surface area (Å²) in [4.78, 5) is 0. The van der Waals surface area contributed by atoms with E-state index in [1.54, 1.807) is 0 Å². The van der Waals surface area contributed by atoms with Crippen molar-refractivity contribution < 1.29 is 0 Å². The highest BCUT2D eigenvalue weighted by molar-refractivity contribution is 7.25. The molecule has 0 aliphatic rings. The lowest BCUT2D eigenvalue weighted by Gasteiger charge is -2.13. The van der Waals surface area contributed by atoms with Gasteiger partial charge in [0.05, 0.1) is 0 Å². The molecule has 1 heterocycles. The molecule has 0 fully saturated rings. The van der Waals surface area contributed by atoms with Crippen LogP contribution in [-0.4, -0.2) is 0 Å². The van der Waals surface area contributed by atoms with Crippen molar-refractivity contribution in [1.29, 1.82) is 0 Å². The van der Waals surface area contributed by atoms with E-state index >= 15 is 0 Å². The van der Waals surface area contributed by atoms with Crippen molar-refractivity contribution in [3.05, 3.63) is 121 Å². The Bertz CT molecular complexity index is 1750. The average molecular weight is 437 g/mol. The average Bonchev–Trinajstić information content (AvgIpc) is 3.25. The number of fused-ring (bicyclic) bond motifs is 5. The minimum absolute atomic E-state index is 1.25. The standard InChI is InChI=1S/C32H20S/c1-3-9-26-24(7-1)19-25-8-2-4-10-27(25)32(26)22-15-13-21(14-16-22)23-17-18-31-29(20-23)28-11-5-6-12-30(28)33-31/h1-20H. The summed E-state index contributed by atoms with van der Waals surface area (Å²) in [7, 11) is 0. The van der Waals surface area contributed by atoms with Crippen molar-refractivity contribution in [3.63, 3.8) is 0 Å². The van der Waals surface area contributed by atoms with Crippen LogP contribution in [0.4, 0.5) is 0 Å². The Balaban J connectivity index is 1.39. The van der Waals surface area contributed by atoms with E-state index in [1.165, 1.54) is 64.0 Å². The topological polar surface area (TPSA) is 0 Å². The number of hydrogen-bond acceptors (Lipinski definition) is 1. The Morgan fingerprint density at radius 3 is 1.64 bits per heavy atom. The van der Waals surface area contributed by atoms with Crippen molar-refractivity contribution >= 4 is 53.1 Å². The zero-order chi connectivity index (χ0) is 21.8. The second kappa shape index (κ2) is 7.30. The molecule has 1 aromatic heterocycles. The molecular weight excluding hydrogens is 416 g/mol. The van der Waals surface area contributed by atoms with Crippen molar-refractivity contribution in [2.75, 3.05) is 0 Å². The van der Waals surface area contributed by atoms with E-state index in [0.717, 1.165) is 0 Å². The third-order valence-electron chi connectivity index (χ3n) is 6.65. The largest absolute Gasteiger partial charge is 0.135 e. The van der Waals surface area contributed by atoms with Crippen molar-refractivity contribution in [3.8, 4) is 22.3 Å². The van der Waals surface area contributed by atoms with Gasteiger partial charge in [0.2, 0.25) is 0 Å². The number of benzene rings is 6. The lowest BCUT2D eigenvalue weighted by Crippen LogP contribution is -1.86. The lowest BCUT2D eigenvalue weighted by atomic mass is 9.91.